The number of sulfonamides is 1. The van der Waals surface area contributed by atoms with Gasteiger partial charge in [0.15, 0.2) is 5.82 Å². The van der Waals surface area contributed by atoms with Crippen LogP contribution in [0.25, 0.3) is 22.1 Å². The van der Waals surface area contributed by atoms with Crippen LogP contribution in [0, 0.1) is 0 Å². The summed E-state index contributed by atoms with van der Waals surface area (Å²) in [6, 6.07) is 14.9. The van der Waals surface area contributed by atoms with Crippen LogP contribution in [-0.4, -0.2) is 48.6 Å². The van der Waals surface area contributed by atoms with Crippen LogP contribution in [0.3, 0.4) is 0 Å². The first-order valence-electron chi connectivity index (χ1n) is 10.0. The number of ether oxygens (including phenoxy) is 1. The molecule has 158 valence electrons. The van der Waals surface area contributed by atoms with Crippen LogP contribution in [0.2, 0.25) is 0 Å². The number of benzene rings is 2. The fraction of sp³-hybridized carbons (Fsp3) is 0.318. The van der Waals surface area contributed by atoms with Gasteiger partial charge in [0.1, 0.15) is 0 Å². The predicted molar refractivity (Wildman–Crippen MR) is 120 cm³/mol. The quantitative estimate of drug-likeness (QED) is 0.570. The highest BCUT2D eigenvalue weighted by Crippen LogP contribution is 2.29. The van der Waals surface area contributed by atoms with E-state index in [9.17, 15) is 8.42 Å². The summed E-state index contributed by atoms with van der Waals surface area (Å²) >= 11 is 6.64. The highest BCUT2D eigenvalue weighted by atomic mass is 35.5. The van der Waals surface area contributed by atoms with Crippen molar-refractivity contribution < 1.29 is 13.2 Å². The molecule has 2 aromatic carbocycles. The molecule has 0 aliphatic carbocycles. The Hall–Kier alpha value is -2.19. The molecule has 1 aliphatic rings. The molecule has 4 rings (SSSR count). The Balaban J connectivity index is 1.77. The molecule has 0 N–H and O–H groups in total. The van der Waals surface area contributed by atoms with Crippen LogP contribution in [0.4, 0.5) is 0 Å². The standard InChI is InChI=1S/C22H24ClN3O3S/c1-2-10-26-21-9-8-18(30(27,28)25-11-13-29-14-12-25)16-20(21)24-22(26)19(23)15-17-6-4-3-5-7-17/h3-9,15-16H,2,10-14H2,1H3/b19-15+. The summed E-state index contributed by atoms with van der Waals surface area (Å²) in [7, 11) is -3.58. The predicted octanol–water partition coefficient (Wildman–Crippen LogP) is 4.20. The molecule has 2 heterocycles. The smallest absolute Gasteiger partial charge is 0.243 e. The summed E-state index contributed by atoms with van der Waals surface area (Å²) in [6.07, 6.45) is 2.78. The van der Waals surface area contributed by atoms with Gasteiger partial charge in [-0.3, -0.25) is 0 Å². The van der Waals surface area contributed by atoms with E-state index in [2.05, 4.69) is 6.92 Å². The van der Waals surface area contributed by atoms with Gasteiger partial charge in [0, 0.05) is 19.6 Å². The van der Waals surface area contributed by atoms with Crippen molar-refractivity contribution >= 4 is 43.8 Å². The van der Waals surface area contributed by atoms with E-state index in [1.807, 2.05) is 47.0 Å². The molecule has 3 aromatic rings. The lowest BCUT2D eigenvalue weighted by atomic mass is 10.2. The summed E-state index contributed by atoms with van der Waals surface area (Å²) in [4.78, 5) is 4.95. The largest absolute Gasteiger partial charge is 0.379 e. The van der Waals surface area contributed by atoms with Gasteiger partial charge < -0.3 is 9.30 Å². The maximum atomic E-state index is 13.0. The third kappa shape index (κ3) is 4.16. The van der Waals surface area contributed by atoms with Gasteiger partial charge in [-0.2, -0.15) is 4.31 Å². The fourth-order valence-electron chi connectivity index (χ4n) is 3.60. The molecule has 0 amide bonds. The molecule has 0 atom stereocenters. The van der Waals surface area contributed by atoms with Crippen molar-refractivity contribution in [2.45, 2.75) is 24.8 Å². The number of rotatable bonds is 6. The number of hydrogen-bond donors (Lipinski definition) is 0. The first-order valence-corrected chi connectivity index (χ1v) is 11.8. The third-order valence-corrected chi connectivity index (χ3v) is 7.25. The summed E-state index contributed by atoms with van der Waals surface area (Å²) in [5, 5.41) is 0.517. The molecule has 30 heavy (non-hydrogen) atoms. The van der Waals surface area contributed by atoms with Crippen LogP contribution in [-0.2, 0) is 21.3 Å². The van der Waals surface area contributed by atoms with Crippen molar-refractivity contribution in [3.05, 3.63) is 59.9 Å². The van der Waals surface area contributed by atoms with E-state index in [0.717, 1.165) is 24.0 Å². The number of hydrogen-bond acceptors (Lipinski definition) is 4. The number of aryl methyl sites for hydroxylation is 1. The lowest BCUT2D eigenvalue weighted by Crippen LogP contribution is -2.40. The summed E-state index contributed by atoms with van der Waals surface area (Å²) in [6.45, 7) is 4.37. The van der Waals surface area contributed by atoms with E-state index in [4.69, 9.17) is 21.3 Å². The van der Waals surface area contributed by atoms with Crippen LogP contribution in [0.5, 0.6) is 0 Å². The van der Waals surface area contributed by atoms with Crippen molar-refractivity contribution in [3.63, 3.8) is 0 Å². The summed E-state index contributed by atoms with van der Waals surface area (Å²) in [5.41, 5.74) is 2.47. The Bertz CT molecular complexity index is 1170. The molecule has 8 heteroatoms. The Kier molecular flexibility index (Phi) is 6.24. The lowest BCUT2D eigenvalue weighted by Gasteiger charge is -2.26. The summed E-state index contributed by atoms with van der Waals surface area (Å²) in [5.74, 6) is 0.637. The lowest BCUT2D eigenvalue weighted by molar-refractivity contribution is 0.0730. The topological polar surface area (TPSA) is 64.4 Å². The van der Waals surface area contributed by atoms with E-state index in [-0.39, 0.29) is 4.90 Å². The SMILES string of the molecule is CCCn1c(/C(Cl)=C\c2ccccc2)nc2cc(S(=O)(=O)N3CCOCC3)ccc21. The number of fused-ring (bicyclic) bond motifs is 1. The van der Waals surface area contributed by atoms with Gasteiger partial charge >= 0.3 is 0 Å². The van der Waals surface area contributed by atoms with Gasteiger partial charge in [-0.1, -0.05) is 48.9 Å². The van der Waals surface area contributed by atoms with Crippen molar-refractivity contribution in [2.75, 3.05) is 26.3 Å². The second kappa shape index (κ2) is 8.89. The van der Waals surface area contributed by atoms with E-state index < -0.39 is 10.0 Å². The third-order valence-electron chi connectivity index (χ3n) is 5.08. The first-order chi connectivity index (χ1) is 14.5. The zero-order valence-corrected chi connectivity index (χ0v) is 18.4. The molecule has 0 radical (unpaired) electrons. The van der Waals surface area contributed by atoms with Crippen molar-refractivity contribution in [1.82, 2.24) is 13.9 Å². The highest BCUT2D eigenvalue weighted by Gasteiger charge is 2.27. The van der Waals surface area contributed by atoms with Gasteiger partial charge in [0.25, 0.3) is 0 Å². The molecular formula is C22H24ClN3O3S. The van der Waals surface area contributed by atoms with E-state index in [0.29, 0.717) is 42.7 Å². The van der Waals surface area contributed by atoms with Gasteiger partial charge in [-0.25, -0.2) is 13.4 Å². The van der Waals surface area contributed by atoms with Crippen molar-refractivity contribution in [2.24, 2.45) is 0 Å². The first kappa shape index (κ1) is 21.1. The minimum absolute atomic E-state index is 0.243. The number of imidazole rings is 1. The number of halogens is 1. The van der Waals surface area contributed by atoms with Gasteiger partial charge in [0.05, 0.1) is 34.2 Å². The zero-order valence-electron chi connectivity index (χ0n) is 16.8. The molecule has 1 saturated heterocycles. The normalized spacial score (nSPS) is 16.3. The van der Waals surface area contributed by atoms with E-state index in [1.54, 1.807) is 12.1 Å². The molecular weight excluding hydrogens is 422 g/mol. The average Bonchev–Trinajstić information content (AvgIpc) is 3.13. The van der Waals surface area contributed by atoms with Crippen LogP contribution >= 0.6 is 11.6 Å². The fourth-order valence-corrected chi connectivity index (χ4v) is 5.30. The maximum Gasteiger partial charge on any atom is 0.243 e. The molecule has 0 unspecified atom stereocenters. The highest BCUT2D eigenvalue weighted by molar-refractivity contribution is 7.89. The van der Waals surface area contributed by atoms with Crippen LogP contribution < -0.4 is 0 Å². The van der Waals surface area contributed by atoms with Gasteiger partial charge in [-0.15, -0.1) is 0 Å². The second-order valence-corrected chi connectivity index (χ2v) is 9.50. The number of aromatic nitrogens is 2. The molecule has 0 saturated carbocycles. The van der Waals surface area contributed by atoms with Gasteiger partial charge in [-0.05, 0) is 36.3 Å². The summed E-state index contributed by atoms with van der Waals surface area (Å²) < 4.78 is 34.8. The Labute approximate surface area is 181 Å². The van der Waals surface area contributed by atoms with Gasteiger partial charge in [0.2, 0.25) is 10.0 Å². The number of nitrogens with zero attached hydrogens (tertiary/aromatic N) is 3. The molecule has 0 bridgehead atoms. The molecule has 1 aromatic heterocycles. The van der Waals surface area contributed by atoms with Crippen molar-refractivity contribution in [3.8, 4) is 0 Å². The zero-order chi connectivity index (χ0) is 21.1. The minimum Gasteiger partial charge on any atom is -0.379 e. The minimum atomic E-state index is -3.58. The van der Waals surface area contributed by atoms with E-state index in [1.165, 1.54) is 4.31 Å². The van der Waals surface area contributed by atoms with Crippen molar-refractivity contribution in [1.29, 1.82) is 0 Å². The van der Waals surface area contributed by atoms with E-state index >= 15 is 0 Å². The molecule has 1 aliphatic heterocycles. The maximum absolute atomic E-state index is 13.0. The van der Waals surface area contributed by atoms with Crippen LogP contribution in [0.1, 0.15) is 24.7 Å². The average molecular weight is 446 g/mol. The van der Waals surface area contributed by atoms with Crippen LogP contribution in [0.15, 0.2) is 53.4 Å². The molecule has 6 nitrogen and oxygen atoms in total. The molecule has 1 fully saturated rings. The Morgan fingerprint density at radius 2 is 1.90 bits per heavy atom. The Morgan fingerprint density at radius 3 is 2.60 bits per heavy atom. The number of morpholine rings is 1. The monoisotopic (exact) mass is 445 g/mol. The second-order valence-electron chi connectivity index (χ2n) is 7.16. The Morgan fingerprint density at radius 1 is 1.17 bits per heavy atom. The molecule has 0 spiro atoms.